The molecule has 0 amide bonds. The van der Waals surface area contributed by atoms with Crippen molar-refractivity contribution in [1.82, 2.24) is 0 Å². The van der Waals surface area contributed by atoms with E-state index in [1.54, 1.807) is 13.0 Å². The van der Waals surface area contributed by atoms with E-state index < -0.39 is 20.2 Å². The fraction of sp³-hybridized carbons (Fsp3) is 0.0909. The number of nitrogens with one attached hydrogen (secondary N) is 2. The lowest BCUT2D eigenvalue weighted by molar-refractivity contribution is 0.601. The van der Waals surface area contributed by atoms with Gasteiger partial charge >= 0.3 is 0 Å². The van der Waals surface area contributed by atoms with Gasteiger partial charge < -0.3 is 0 Å². The topological polar surface area (TPSA) is 118 Å². The molecule has 0 aliphatic rings. The van der Waals surface area contributed by atoms with E-state index in [1.807, 2.05) is 0 Å². The SMILES string of the molecule is Cc1ccc(S(=O)(=O)Nc2cccc(NS(N)(=O)=O)c2)s1. The largest absolute Gasteiger partial charge is 0.296 e. The monoisotopic (exact) mass is 347 g/mol. The van der Waals surface area contributed by atoms with Crippen LogP contribution < -0.4 is 14.6 Å². The summed E-state index contributed by atoms with van der Waals surface area (Å²) in [5, 5.41) is 4.86. The van der Waals surface area contributed by atoms with Crippen LogP contribution in [-0.2, 0) is 20.2 Å². The van der Waals surface area contributed by atoms with E-state index in [9.17, 15) is 16.8 Å². The van der Waals surface area contributed by atoms with Crippen LogP contribution in [0.15, 0.2) is 40.6 Å². The molecule has 1 aromatic heterocycles. The average Bonchev–Trinajstić information content (AvgIpc) is 2.74. The number of anilines is 2. The summed E-state index contributed by atoms with van der Waals surface area (Å²) in [4.78, 5) is 0.875. The standard InChI is InChI=1S/C11H13N3O4S3/c1-8-5-6-11(19-8)20(15,16)13-9-3-2-4-10(7-9)14-21(12,17)18/h2-7,13-14H,1H3,(H2,12,17,18). The van der Waals surface area contributed by atoms with Crippen molar-refractivity contribution >= 4 is 42.9 Å². The van der Waals surface area contributed by atoms with E-state index in [0.717, 1.165) is 16.2 Å². The number of sulfonamides is 1. The predicted molar refractivity (Wildman–Crippen MR) is 83.0 cm³/mol. The van der Waals surface area contributed by atoms with Crippen molar-refractivity contribution < 1.29 is 16.8 Å². The first-order valence-corrected chi connectivity index (χ1v) is 9.50. The van der Waals surface area contributed by atoms with E-state index in [2.05, 4.69) is 9.44 Å². The van der Waals surface area contributed by atoms with Gasteiger partial charge in [0, 0.05) is 4.88 Å². The summed E-state index contributed by atoms with van der Waals surface area (Å²) in [6, 6.07) is 9.02. The van der Waals surface area contributed by atoms with E-state index in [1.165, 1.54) is 30.3 Å². The Balaban J connectivity index is 2.26. The predicted octanol–water partition coefficient (Wildman–Crippen LogP) is 1.47. The number of hydrogen-bond donors (Lipinski definition) is 3. The number of thiophene rings is 1. The Morgan fingerprint density at radius 1 is 1.00 bits per heavy atom. The van der Waals surface area contributed by atoms with Crippen LogP contribution in [-0.4, -0.2) is 16.8 Å². The van der Waals surface area contributed by atoms with Gasteiger partial charge in [-0.25, -0.2) is 13.6 Å². The van der Waals surface area contributed by atoms with Crippen molar-refractivity contribution in [3.05, 3.63) is 41.3 Å². The van der Waals surface area contributed by atoms with Gasteiger partial charge in [-0.2, -0.15) is 8.42 Å². The first-order valence-electron chi connectivity index (χ1n) is 5.66. The van der Waals surface area contributed by atoms with Crippen LogP contribution in [0.3, 0.4) is 0 Å². The molecule has 21 heavy (non-hydrogen) atoms. The molecule has 7 nitrogen and oxygen atoms in total. The minimum atomic E-state index is -3.91. The third-order valence-electron chi connectivity index (χ3n) is 2.36. The summed E-state index contributed by atoms with van der Waals surface area (Å²) in [7, 11) is -7.60. The van der Waals surface area contributed by atoms with Crippen LogP contribution in [0.2, 0.25) is 0 Å². The zero-order valence-corrected chi connectivity index (χ0v) is 13.3. The van der Waals surface area contributed by atoms with Gasteiger partial charge in [0.15, 0.2) is 0 Å². The van der Waals surface area contributed by atoms with Gasteiger partial charge in [0.05, 0.1) is 11.4 Å². The molecule has 0 aliphatic heterocycles. The van der Waals surface area contributed by atoms with Crippen LogP contribution in [0.25, 0.3) is 0 Å². The minimum absolute atomic E-state index is 0.167. The Morgan fingerprint density at radius 3 is 2.14 bits per heavy atom. The minimum Gasteiger partial charge on any atom is -0.279 e. The number of hydrogen-bond acceptors (Lipinski definition) is 5. The fourth-order valence-corrected chi connectivity index (χ4v) is 4.36. The van der Waals surface area contributed by atoms with E-state index in [-0.39, 0.29) is 15.6 Å². The van der Waals surface area contributed by atoms with Crippen LogP contribution in [0.1, 0.15) is 4.88 Å². The molecule has 1 aromatic carbocycles. The summed E-state index contributed by atoms with van der Waals surface area (Å²) in [5.74, 6) is 0. The van der Waals surface area contributed by atoms with Crippen molar-refractivity contribution in [3.8, 4) is 0 Å². The molecule has 0 aliphatic carbocycles. The second-order valence-corrected chi connectivity index (χ2v) is 8.69. The van der Waals surface area contributed by atoms with Crippen molar-refractivity contribution in [2.75, 3.05) is 9.44 Å². The Morgan fingerprint density at radius 2 is 1.62 bits per heavy atom. The Hall–Kier alpha value is -1.62. The highest BCUT2D eigenvalue weighted by atomic mass is 32.2. The molecule has 0 saturated heterocycles. The van der Waals surface area contributed by atoms with Gasteiger partial charge in [-0.15, -0.1) is 11.3 Å². The van der Waals surface area contributed by atoms with E-state index in [0.29, 0.717) is 0 Å². The molecule has 0 atom stereocenters. The quantitative estimate of drug-likeness (QED) is 0.759. The highest BCUT2D eigenvalue weighted by Gasteiger charge is 2.16. The number of aryl methyl sites for hydroxylation is 1. The van der Waals surface area contributed by atoms with Crippen LogP contribution >= 0.6 is 11.3 Å². The van der Waals surface area contributed by atoms with Crippen molar-refractivity contribution in [2.45, 2.75) is 11.1 Å². The van der Waals surface area contributed by atoms with Gasteiger partial charge in [-0.3, -0.25) is 9.44 Å². The normalized spacial score (nSPS) is 12.1. The van der Waals surface area contributed by atoms with Gasteiger partial charge in [0.2, 0.25) is 0 Å². The molecule has 0 saturated carbocycles. The lowest BCUT2D eigenvalue weighted by Gasteiger charge is -2.08. The van der Waals surface area contributed by atoms with Gasteiger partial charge in [-0.05, 0) is 37.3 Å². The summed E-state index contributed by atoms with van der Waals surface area (Å²) in [5.41, 5.74) is 0.398. The summed E-state index contributed by atoms with van der Waals surface area (Å²) in [6.45, 7) is 1.81. The average molecular weight is 347 g/mol. The molecule has 2 aromatic rings. The molecule has 114 valence electrons. The third-order valence-corrected chi connectivity index (χ3v) is 5.75. The fourth-order valence-electron chi connectivity index (χ4n) is 1.57. The molecule has 4 N–H and O–H groups in total. The lowest BCUT2D eigenvalue weighted by Crippen LogP contribution is -2.21. The summed E-state index contributed by atoms with van der Waals surface area (Å²) in [6.07, 6.45) is 0. The van der Waals surface area contributed by atoms with Crippen molar-refractivity contribution in [1.29, 1.82) is 0 Å². The van der Waals surface area contributed by atoms with Crippen molar-refractivity contribution in [3.63, 3.8) is 0 Å². The molecular formula is C11H13N3O4S3. The number of benzene rings is 1. The smallest absolute Gasteiger partial charge is 0.279 e. The Kier molecular flexibility index (Phi) is 4.23. The van der Waals surface area contributed by atoms with Gasteiger partial charge in [0.1, 0.15) is 4.21 Å². The summed E-state index contributed by atoms with van der Waals surface area (Å²) < 4.78 is 50.8. The Bertz CT molecular complexity index is 856. The summed E-state index contributed by atoms with van der Waals surface area (Å²) >= 11 is 1.15. The first-order chi connectivity index (χ1) is 9.66. The van der Waals surface area contributed by atoms with E-state index in [4.69, 9.17) is 5.14 Å². The molecule has 0 spiro atoms. The lowest BCUT2D eigenvalue weighted by atomic mass is 10.3. The number of nitrogens with two attached hydrogens (primary N) is 1. The molecule has 0 bridgehead atoms. The number of rotatable bonds is 5. The zero-order chi connectivity index (χ0) is 15.7. The molecule has 2 rings (SSSR count). The molecule has 0 unspecified atom stereocenters. The molecule has 0 radical (unpaired) electrons. The van der Waals surface area contributed by atoms with Crippen LogP contribution in [0, 0.1) is 6.92 Å². The second-order valence-electron chi connectivity index (χ2n) is 4.20. The maximum Gasteiger partial charge on any atom is 0.296 e. The highest BCUT2D eigenvalue weighted by Crippen LogP contribution is 2.24. The van der Waals surface area contributed by atoms with Crippen LogP contribution in [0.4, 0.5) is 11.4 Å². The van der Waals surface area contributed by atoms with Crippen LogP contribution in [0.5, 0.6) is 0 Å². The molecule has 1 heterocycles. The second kappa shape index (κ2) is 5.64. The molecule has 0 fully saturated rings. The van der Waals surface area contributed by atoms with E-state index >= 15 is 0 Å². The maximum atomic E-state index is 12.1. The third kappa shape index (κ3) is 4.43. The molecular weight excluding hydrogens is 334 g/mol. The first kappa shape index (κ1) is 15.8. The maximum absolute atomic E-state index is 12.1. The molecule has 10 heteroatoms. The highest BCUT2D eigenvalue weighted by molar-refractivity contribution is 7.94. The Labute approximate surface area is 127 Å². The van der Waals surface area contributed by atoms with Gasteiger partial charge in [0.25, 0.3) is 20.2 Å². The van der Waals surface area contributed by atoms with Gasteiger partial charge in [-0.1, -0.05) is 6.07 Å². The zero-order valence-electron chi connectivity index (χ0n) is 10.9. The van der Waals surface area contributed by atoms with Crippen molar-refractivity contribution in [2.24, 2.45) is 5.14 Å².